The van der Waals surface area contributed by atoms with E-state index in [-0.39, 0.29) is 23.3 Å². The van der Waals surface area contributed by atoms with E-state index in [9.17, 15) is 9.18 Å². The monoisotopic (exact) mass is 327 g/mol. The molecular weight excluding hydrogens is 305 g/mol. The predicted molar refractivity (Wildman–Crippen MR) is 91.1 cm³/mol. The van der Waals surface area contributed by atoms with Gasteiger partial charge in [0.25, 0.3) is 0 Å². The number of aromatic nitrogens is 1. The molecule has 1 N–H and O–H groups in total. The largest absolute Gasteiger partial charge is 0.337 e. The number of pyridine rings is 1. The van der Waals surface area contributed by atoms with Crippen molar-refractivity contribution < 1.29 is 9.18 Å². The highest BCUT2D eigenvalue weighted by Crippen LogP contribution is 2.47. The molecule has 1 aliphatic rings. The summed E-state index contributed by atoms with van der Waals surface area (Å²) >= 11 is 0. The lowest BCUT2D eigenvalue weighted by Crippen LogP contribution is -2.42. The maximum absolute atomic E-state index is 13.4. The zero-order valence-corrected chi connectivity index (χ0v) is 14.0. The summed E-state index contributed by atoms with van der Waals surface area (Å²) in [6.45, 7) is 2.50. The fraction of sp³-hybridized carbons (Fsp3) is 0.368. The highest BCUT2D eigenvalue weighted by atomic mass is 19.1. The molecule has 126 valence electrons. The van der Waals surface area contributed by atoms with Crippen LogP contribution in [-0.2, 0) is 5.41 Å². The second-order valence-corrected chi connectivity index (χ2v) is 6.52. The van der Waals surface area contributed by atoms with Crippen molar-refractivity contribution in [1.82, 2.24) is 15.2 Å². The van der Waals surface area contributed by atoms with Gasteiger partial charge in [-0.05, 0) is 49.1 Å². The molecule has 1 aliphatic carbocycles. The van der Waals surface area contributed by atoms with Crippen LogP contribution >= 0.6 is 0 Å². The van der Waals surface area contributed by atoms with Gasteiger partial charge in [-0.1, -0.05) is 18.2 Å². The number of nitrogens with zero attached hydrogens (tertiary/aromatic N) is 2. The molecule has 0 spiro atoms. The summed E-state index contributed by atoms with van der Waals surface area (Å²) in [4.78, 5) is 18.2. The van der Waals surface area contributed by atoms with E-state index in [1.54, 1.807) is 36.5 Å². The van der Waals surface area contributed by atoms with Crippen LogP contribution in [0.15, 0.2) is 48.8 Å². The van der Waals surface area contributed by atoms with Gasteiger partial charge in [-0.2, -0.15) is 0 Å². The van der Waals surface area contributed by atoms with E-state index in [0.29, 0.717) is 6.54 Å². The molecule has 4 nitrogen and oxygen atoms in total. The molecule has 2 aromatic rings. The van der Waals surface area contributed by atoms with Crippen LogP contribution in [0.4, 0.5) is 9.18 Å². The number of benzene rings is 1. The van der Waals surface area contributed by atoms with Gasteiger partial charge in [-0.3, -0.25) is 4.98 Å². The Balaban J connectivity index is 1.61. The van der Waals surface area contributed by atoms with Gasteiger partial charge in [0.05, 0.1) is 6.04 Å². The second kappa shape index (κ2) is 6.59. The molecule has 5 heteroatoms. The molecule has 1 heterocycles. The molecule has 1 saturated carbocycles. The Hall–Kier alpha value is -2.43. The third-order valence-corrected chi connectivity index (χ3v) is 4.94. The normalized spacial score (nSPS) is 16.3. The van der Waals surface area contributed by atoms with Crippen LogP contribution < -0.4 is 5.32 Å². The van der Waals surface area contributed by atoms with E-state index >= 15 is 0 Å². The molecular formula is C19H22FN3O. The van der Waals surface area contributed by atoms with Crippen molar-refractivity contribution in [3.63, 3.8) is 0 Å². The molecule has 2 amide bonds. The van der Waals surface area contributed by atoms with Crippen molar-refractivity contribution in [3.8, 4) is 0 Å². The Morgan fingerprint density at radius 3 is 2.79 bits per heavy atom. The van der Waals surface area contributed by atoms with Crippen molar-refractivity contribution in [2.45, 2.75) is 31.2 Å². The maximum atomic E-state index is 13.4. The van der Waals surface area contributed by atoms with E-state index in [0.717, 1.165) is 24.0 Å². The molecule has 1 fully saturated rings. The average Bonchev–Trinajstić information content (AvgIpc) is 3.40. The van der Waals surface area contributed by atoms with Crippen LogP contribution in [0, 0.1) is 5.82 Å². The SMILES string of the molecule is C[C@H](c1cccnc1)N(C)C(=O)NCC1(c2cccc(F)c2)CC1. The van der Waals surface area contributed by atoms with Crippen LogP contribution in [0.2, 0.25) is 0 Å². The minimum Gasteiger partial charge on any atom is -0.337 e. The summed E-state index contributed by atoms with van der Waals surface area (Å²) in [7, 11) is 1.77. The number of urea groups is 1. The highest BCUT2D eigenvalue weighted by Gasteiger charge is 2.44. The van der Waals surface area contributed by atoms with E-state index in [1.807, 2.05) is 25.1 Å². The van der Waals surface area contributed by atoms with Gasteiger partial charge in [-0.25, -0.2) is 9.18 Å². The number of nitrogens with one attached hydrogen (secondary N) is 1. The third kappa shape index (κ3) is 3.40. The van der Waals surface area contributed by atoms with Crippen LogP contribution in [0.1, 0.15) is 36.9 Å². The Bertz CT molecular complexity index is 716. The van der Waals surface area contributed by atoms with Crippen molar-refractivity contribution in [2.75, 3.05) is 13.6 Å². The topological polar surface area (TPSA) is 45.2 Å². The summed E-state index contributed by atoms with van der Waals surface area (Å²) in [5, 5.41) is 3.00. The first kappa shape index (κ1) is 16.4. The summed E-state index contributed by atoms with van der Waals surface area (Å²) in [5.74, 6) is -0.229. The number of amides is 2. The Morgan fingerprint density at radius 1 is 1.38 bits per heavy atom. The van der Waals surface area contributed by atoms with Gasteiger partial charge in [0.2, 0.25) is 0 Å². The average molecular weight is 327 g/mol. The zero-order valence-electron chi connectivity index (χ0n) is 14.0. The number of carbonyl (C=O) groups excluding carboxylic acids is 1. The molecule has 3 rings (SSSR count). The first-order valence-electron chi connectivity index (χ1n) is 8.18. The minimum absolute atomic E-state index is 0.0666. The maximum Gasteiger partial charge on any atom is 0.317 e. The molecule has 0 bridgehead atoms. The number of halogens is 1. The Labute approximate surface area is 141 Å². The lowest BCUT2D eigenvalue weighted by atomic mass is 9.96. The Kier molecular flexibility index (Phi) is 4.51. The number of carbonyl (C=O) groups is 1. The summed E-state index contributed by atoms with van der Waals surface area (Å²) in [5.41, 5.74) is 1.84. The van der Waals surface area contributed by atoms with E-state index in [2.05, 4.69) is 10.3 Å². The van der Waals surface area contributed by atoms with Gasteiger partial charge in [0.1, 0.15) is 5.82 Å². The molecule has 0 radical (unpaired) electrons. The van der Waals surface area contributed by atoms with Crippen LogP contribution in [0.3, 0.4) is 0 Å². The predicted octanol–water partition coefficient (Wildman–Crippen LogP) is 3.65. The minimum atomic E-state index is -0.229. The number of hydrogen-bond donors (Lipinski definition) is 1. The number of rotatable bonds is 5. The first-order chi connectivity index (χ1) is 11.5. The highest BCUT2D eigenvalue weighted by molar-refractivity contribution is 5.74. The molecule has 0 unspecified atom stereocenters. The van der Waals surface area contributed by atoms with E-state index in [1.165, 1.54) is 6.07 Å². The van der Waals surface area contributed by atoms with Crippen LogP contribution in [-0.4, -0.2) is 29.5 Å². The van der Waals surface area contributed by atoms with Crippen molar-refractivity contribution >= 4 is 6.03 Å². The van der Waals surface area contributed by atoms with Gasteiger partial charge in [0.15, 0.2) is 0 Å². The van der Waals surface area contributed by atoms with Crippen LogP contribution in [0.25, 0.3) is 0 Å². The fourth-order valence-corrected chi connectivity index (χ4v) is 2.93. The smallest absolute Gasteiger partial charge is 0.317 e. The lowest BCUT2D eigenvalue weighted by Gasteiger charge is -2.26. The van der Waals surface area contributed by atoms with Crippen LogP contribution in [0.5, 0.6) is 0 Å². The van der Waals surface area contributed by atoms with Gasteiger partial charge >= 0.3 is 6.03 Å². The van der Waals surface area contributed by atoms with Crippen molar-refractivity contribution in [2.24, 2.45) is 0 Å². The Morgan fingerprint density at radius 2 is 2.17 bits per heavy atom. The molecule has 1 atom stereocenters. The molecule has 0 aliphatic heterocycles. The molecule has 0 saturated heterocycles. The summed E-state index contributed by atoms with van der Waals surface area (Å²) in [6, 6.07) is 10.3. The first-order valence-corrected chi connectivity index (χ1v) is 8.18. The lowest BCUT2D eigenvalue weighted by molar-refractivity contribution is 0.193. The standard InChI is InChI=1S/C19H22FN3O/c1-14(15-5-4-10-21-12-15)23(2)18(24)22-13-19(8-9-19)16-6-3-7-17(20)11-16/h3-7,10-12,14H,8-9,13H2,1-2H3,(H,22,24)/t14-/m1/s1. The summed E-state index contributed by atoms with van der Waals surface area (Å²) in [6.07, 6.45) is 5.42. The molecule has 1 aromatic heterocycles. The zero-order chi connectivity index (χ0) is 17.2. The van der Waals surface area contributed by atoms with E-state index in [4.69, 9.17) is 0 Å². The van der Waals surface area contributed by atoms with Crippen molar-refractivity contribution in [3.05, 3.63) is 65.7 Å². The molecule has 1 aromatic carbocycles. The molecule has 24 heavy (non-hydrogen) atoms. The van der Waals surface area contributed by atoms with Gasteiger partial charge in [0, 0.05) is 31.4 Å². The number of hydrogen-bond acceptors (Lipinski definition) is 2. The second-order valence-electron chi connectivity index (χ2n) is 6.52. The van der Waals surface area contributed by atoms with E-state index < -0.39 is 0 Å². The summed E-state index contributed by atoms with van der Waals surface area (Å²) < 4.78 is 13.4. The van der Waals surface area contributed by atoms with Crippen molar-refractivity contribution in [1.29, 1.82) is 0 Å². The fourth-order valence-electron chi connectivity index (χ4n) is 2.93. The third-order valence-electron chi connectivity index (χ3n) is 4.94. The quantitative estimate of drug-likeness (QED) is 0.911. The van der Waals surface area contributed by atoms with Gasteiger partial charge < -0.3 is 10.2 Å². The van der Waals surface area contributed by atoms with Gasteiger partial charge in [-0.15, -0.1) is 0 Å².